The molecule has 0 saturated heterocycles. The van der Waals surface area contributed by atoms with Crippen molar-refractivity contribution in [2.45, 2.75) is 0 Å². The number of nitro groups is 1. The minimum Gasteiger partial charge on any atom is -0.504 e. The first-order valence-electron chi connectivity index (χ1n) is 6.20. The Morgan fingerprint density at radius 2 is 1.64 bits per heavy atom. The van der Waals surface area contributed by atoms with Crippen LogP contribution in [0.15, 0.2) is 51.7 Å². The van der Waals surface area contributed by atoms with Gasteiger partial charge in [-0.25, -0.2) is 0 Å². The highest BCUT2D eigenvalue weighted by molar-refractivity contribution is 5.82. The first-order valence-corrected chi connectivity index (χ1v) is 6.20. The molecule has 1 aromatic heterocycles. The van der Waals surface area contributed by atoms with Gasteiger partial charge in [-0.3, -0.25) is 14.9 Å². The van der Waals surface area contributed by atoms with Crippen LogP contribution in [-0.2, 0) is 0 Å². The molecule has 7 nitrogen and oxygen atoms in total. The van der Waals surface area contributed by atoms with Crippen molar-refractivity contribution in [3.63, 3.8) is 0 Å². The number of fused-ring (bicyclic) bond motifs is 1. The van der Waals surface area contributed by atoms with Crippen molar-refractivity contribution in [2.24, 2.45) is 0 Å². The van der Waals surface area contributed by atoms with Gasteiger partial charge in [0.2, 0.25) is 0 Å². The molecule has 0 bridgehead atoms. The quantitative estimate of drug-likeness (QED) is 0.427. The summed E-state index contributed by atoms with van der Waals surface area (Å²) in [5.74, 6) is -0.614. The van der Waals surface area contributed by atoms with E-state index in [0.29, 0.717) is 5.56 Å². The Balaban J connectivity index is 2.17. The number of hydrogen-bond acceptors (Lipinski definition) is 6. The van der Waals surface area contributed by atoms with Crippen molar-refractivity contribution in [1.82, 2.24) is 0 Å². The molecular weight excluding hydrogens is 290 g/mol. The number of phenols is 2. The van der Waals surface area contributed by atoms with E-state index in [9.17, 15) is 25.1 Å². The van der Waals surface area contributed by atoms with E-state index in [1.165, 1.54) is 30.3 Å². The van der Waals surface area contributed by atoms with Gasteiger partial charge in [0.05, 0.1) is 10.3 Å². The number of nitrogens with zero attached hydrogens (tertiary/aromatic N) is 1. The minimum atomic E-state index is -0.527. The second-order valence-corrected chi connectivity index (χ2v) is 4.62. The molecule has 1 heterocycles. The van der Waals surface area contributed by atoms with Gasteiger partial charge in [0.25, 0.3) is 5.69 Å². The van der Waals surface area contributed by atoms with Gasteiger partial charge in [0, 0.05) is 29.8 Å². The molecule has 0 saturated carbocycles. The number of hydrogen-bond donors (Lipinski definition) is 2. The minimum absolute atomic E-state index is 0.0746. The molecule has 0 unspecified atom stereocenters. The molecule has 0 aliphatic heterocycles. The van der Waals surface area contributed by atoms with Gasteiger partial charge in [-0.15, -0.1) is 0 Å². The molecule has 0 fully saturated rings. The number of nitro benzene ring substituents is 1. The highest BCUT2D eigenvalue weighted by Gasteiger charge is 2.12. The number of aromatic hydroxyl groups is 2. The van der Waals surface area contributed by atoms with Gasteiger partial charge in [-0.2, -0.15) is 0 Å². The molecule has 3 rings (SSSR count). The van der Waals surface area contributed by atoms with Crippen LogP contribution < -0.4 is 5.43 Å². The van der Waals surface area contributed by atoms with Crippen LogP contribution in [0.5, 0.6) is 11.5 Å². The Morgan fingerprint density at radius 3 is 2.27 bits per heavy atom. The largest absolute Gasteiger partial charge is 0.504 e. The third-order valence-electron chi connectivity index (χ3n) is 3.19. The zero-order valence-electron chi connectivity index (χ0n) is 11.0. The van der Waals surface area contributed by atoms with E-state index in [-0.39, 0.29) is 22.4 Å². The van der Waals surface area contributed by atoms with Crippen molar-refractivity contribution >= 4 is 16.7 Å². The average molecular weight is 299 g/mol. The number of non-ortho nitro benzene ring substituents is 1. The molecule has 7 heteroatoms. The summed E-state index contributed by atoms with van der Waals surface area (Å²) in [5.41, 5.74) is 0.118. The summed E-state index contributed by atoms with van der Waals surface area (Å²) in [4.78, 5) is 22.2. The van der Waals surface area contributed by atoms with E-state index in [2.05, 4.69) is 0 Å². The van der Waals surface area contributed by atoms with Crippen molar-refractivity contribution in [3.8, 4) is 22.8 Å². The molecule has 22 heavy (non-hydrogen) atoms. The Labute approximate surface area is 122 Å². The van der Waals surface area contributed by atoms with Crippen LogP contribution in [0.2, 0.25) is 0 Å². The Morgan fingerprint density at radius 1 is 1.00 bits per heavy atom. The lowest BCUT2D eigenvalue weighted by atomic mass is 10.1. The predicted molar refractivity (Wildman–Crippen MR) is 77.9 cm³/mol. The van der Waals surface area contributed by atoms with E-state index < -0.39 is 21.9 Å². The van der Waals surface area contributed by atoms with Gasteiger partial charge in [-0.1, -0.05) is 0 Å². The molecule has 0 radical (unpaired) electrons. The number of phenolic OH excluding ortho intramolecular Hbond substituents is 2. The maximum absolute atomic E-state index is 12.1. The maximum Gasteiger partial charge on any atom is 0.269 e. The highest BCUT2D eigenvalue weighted by atomic mass is 16.6. The second-order valence-electron chi connectivity index (χ2n) is 4.62. The van der Waals surface area contributed by atoms with E-state index in [4.69, 9.17) is 4.42 Å². The van der Waals surface area contributed by atoms with Crippen molar-refractivity contribution < 1.29 is 19.6 Å². The van der Waals surface area contributed by atoms with Gasteiger partial charge < -0.3 is 14.6 Å². The van der Waals surface area contributed by atoms with Crippen molar-refractivity contribution in [3.05, 3.63) is 62.8 Å². The Kier molecular flexibility index (Phi) is 3.03. The average Bonchev–Trinajstić information content (AvgIpc) is 2.49. The highest BCUT2D eigenvalue weighted by Crippen LogP contribution is 2.31. The Hall–Kier alpha value is -3.35. The monoisotopic (exact) mass is 299 g/mol. The lowest BCUT2D eigenvalue weighted by molar-refractivity contribution is -0.384. The van der Waals surface area contributed by atoms with Gasteiger partial charge in [0.15, 0.2) is 16.9 Å². The zero-order valence-corrected chi connectivity index (χ0v) is 11.0. The number of benzene rings is 2. The lowest BCUT2D eigenvalue weighted by Gasteiger charge is -2.04. The third-order valence-corrected chi connectivity index (χ3v) is 3.19. The van der Waals surface area contributed by atoms with E-state index in [1.54, 1.807) is 0 Å². The molecule has 2 aromatic carbocycles. The predicted octanol–water partition coefficient (Wildman–Crippen LogP) is 2.78. The first kappa shape index (κ1) is 13.6. The van der Waals surface area contributed by atoms with Gasteiger partial charge >= 0.3 is 0 Å². The van der Waals surface area contributed by atoms with Gasteiger partial charge in [0.1, 0.15) is 11.3 Å². The third kappa shape index (κ3) is 2.24. The normalized spacial score (nSPS) is 10.7. The second kappa shape index (κ2) is 4.88. The molecule has 0 spiro atoms. The molecule has 0 aliphatic carbocycles. The standard InChI is InChI=1S/C15H9NO6/c17-11-6-14(8-1-3-9(4-2-8)16(20)21)22-15-7-13(19)12(18)5-10(11)15/h1-7,18-19H. The fraction of sp³-hybridized carbons (Fsp3) is 0. The summed E-state index contributed by atoms with van der Waals surface area (Å²) in [5, 5.41) is 29.6. The Bertz CT molecular complexity index is 943. The summed E-state index contributed by atoms with van der Waals surface area (Å²) >= 11 is 0. The van der Waals surface area contributed by atoms with Crippen LogP contribution in [0.4, 0.5) is 5.69 Å². The fourth-order valence-corrected chi connectivity index (χ4v) is 2.07. The summed E-state index contributed by atoms with van der Waals surface area (Å²) in [7, 11) is 0. The topological polar surface area (TPSA) is 114 Å². The summed E-state index contributed by atoms with van der Waals surface area (Å²) < 4.78 is 5.52. The van der Waals surface area contributed by atoms with Crippen LogP contribution in [0.3, 0.4) is 0 Å². The molecule has 3 aromatic rings. The van der Waals surface area contributed by atoms with Gasteiger partial charge in [-0.05, 0) is 18.2 Å². The van der Waals surface area contributed by atoms with Crippen LogP contribution in [-0.4, -0.2) is 15.1 Å². The molecule has 0 atom stereocenters. The summed E-state index contributed by atoms with van der Waals surface area (Å²) in [6, 6.07) is 9.00. The number of rotatable bonds is 2. The fourth-order valence-electron chi connectivity index (χ4n) is 2.07. The smallest absolute Gasteiger partial charge is 0.269 e. The van der Waals surface area contributed by atoms with E-state index in [0.717, 1.165) is 12.1 Å². The molecule has 110 valence electrons. The maximum atomic E-state index is 12.1. The van der Waals surface area contributed by atoms with Crippen molar-refractivity contribution in [2.75, 3.05) is 0 Å². The van der Waals surface area contributed by atoms with Crippen LogP contribution in [0, 0.1) is 10.1 Å². The summed E-state index contributed by atoms with van der Waals surface area (Å²) in [6.45, 7) is 0. The molecule has 0 amide bonds. The lowest BCUT2D eigenvalue weighted by Crippen LogP contribution is -2.00. The molecule has 0 aliphatic rings. The zero-order chi connectivity index (χ0) is 15.9. The van der Waals surface area contributed by atoms with Crippen LogP contribution >= 0.6 is 0 Å². The van der Waals surface area contributed by atoms with Crippen molar-refractivity contribution in [1.29, 1.82) is 0 Å². The van der Waals surface area contributed by atoms with E-state index in [1.807, 2.05) is 0 Å². The SMILES string of the molecule is O=c1cc(-c2ccc([N+](=O)[O-])cc2)oc2cc(O)c(O)cc12. The van der Waals surface area contributed by atoms with Crippen LogP contribution in [0.25, 0.3) is 22.3 Å². The molecular formula is C15H9NO6. The van der Waals surface area contributed by atoms with Crippen LogP contribution in [0.1, 0.15) is 0 Å². The summed E-state index contributed by atoms with van der Waals surface area (Å²) in [6.07, 6.45) is 0. The molecule has 2 N–H and O–H groups in total. The first-order chi connectivity index (χ1) is 10.5. The van der Waals surface area contributed by atoms with E-state index >= 15 is 0 Å².